The largest absolute Gasteiger partial charge is 0.624 e. The van der Waals surface area contributed by atoms with Gasteiger partial charge in [-0.3, -0.25) is 0 Å². The summed E-state index contributed by atoms with van der Waals surface area (Å²) < 4.78 is 0.796. The monoisotopic (exact) mass is 178 g/mol. The molecule has 0 aliphatic rings. The SMILES string of the molecule is CN(C)c1ccc(/C=[N+](\C)[O-])cc1. The minimum atomic E-state index is 0.796. The van der Waals surface area contributed by atoms with Crippen LogP contribution in [0.2, 0.25) is 0 Å². The molecule has 0 saturated carbocycles. The third kappa shape index (κ3) is 2.78. The zero-order chi connectivity index (χ0) is 9.84. The van der Waals surface area contributed by atoms with Gasteiger partial charge in [0.1, 0.15) is 7.05 Å². The van der Waals surface area contributed by atoms with Crippen molar-refractivity contribution < 1.29 is 4.74 Å². The maximum Gasteiger partial charge on any atom is 0.181 e. The predicted octanol–water partition coefficient (Wildman–Crippen LogP) is 1.31. The maximum absolute atomic E-state index is 10.7. The lowest BCUT2D eigenvalue weighted by atomic mass is 10.2. The molecule has 1 aromatic carbocycles. The fraction of sp³-hybridized carbons (Fsp3) is 0.300. The average Bonchev–Trinajstić information content (AvgIpc) is 2.04. The highest BCUT2D eigenvalue weighted by Gasteiger charge is 1.95. The number of rotatable bonds is 2. The quantitative estimate of drug-likeness (QED) is 0.296. The van der Waals surface area contributed by atoms with E-state index in [1.54, 1.807) is 6.21 Å². The Morgan fingerprint density at radius 3 is 2.15 bits per heavy atom. The number of hydrogen-bond acceptors (Lipinski definition) is 2. The van der Waals surface area contributed by atoms with Crippen LogP contribution in [0.3, 0.4) is 0 Å². The fourth-order valence-corrected chi connectivity index (χ4v) is 1.07. The first-order valence-corrected chi connectivity index (χ1v) is 4.12. The molecule has 0 heterocycles. The summed E-state index contributed by atoms with van der Waals surface area (Å²) in [7, 11) is 5.44. The Kier molecular flexibility index (Phi) is 2.90. The van der Waals surface area contributed by atoms with Gasteiger partial charge in [0, 0.05) is 25.3 Å². The zero-order valence-corrected chi connectivity index (χ0v) is 8.19. The van der Waals surface area contributed by atoms with Crippen molar-refractivity contribution in [1.82, 2.24) is 0 Å². The van der Waals surface area contributed by atoms with Crippen LogP contribution in [0.1, 0.15) is 5.56 Å². The van der Waals surface area contributed by atoms with Crippen LogP contribution >= 0.6 is 0 Å². The van der Waals surface area contributed by atoms with Gasteiger partial charge in [-0.05, 0) is 24.3 Å². The number of hydrogen-bond donors (Lipinski definition) is 0. The van der Waals surface area contributed by atoms with Crippen LogP contribution in [0.4, 0.5) is 5.69 Å². The summed E-state index contributed by atoms with van der Waals surface area (Å²) in [6, 6.07) is 7.80. The molecule has 0 bridgehead atoms. The van der Waals surface area contributed by atoms with Crippen LogP contribution in [0.15, 0.2) is 24.3 Å². The fourth-order valence-electron chi connectivity index (χ4n) is 1.07. The Morgan fingerprint density at radius 2 is 1.77 bits per heavy atom. The Bertz CT molecular complexity index is 297. The van der Waals surface area contributed by atoms with E-state index >= 15 is 0 Å². The second kappa shape index (κ2) is 3.94. The molecule has 0 aromatic heterocycles. The van der Waals surface area contributed by atoms with E-state index in [4.69, 9.17) is 0 Å². The highest BCUT2D eigenvalue weighted by atomic mass is 16.5. The highest BCUT2D eigenvalue weighted by molar-refractivity contribution is 5.76. The van der Waals surface area contributed by atoms with E-state index < -0.39 is 0 Å². The standard InChI is InChI=1S/C10H14N2O/c1-11(2)10-6-4-9(5-7-10)8-12(3)13/h4-8H,1-3H3/b12-8+. The maximum atomic E-state index is 10.7. The molecule has 0 spiro atoms. The summed E-state index contributed by atoms with van der Waals surface area (Å²) >= 11 is 0. The molecule has 3 nitrogen and oxygen atoms in total. The molecule has 0 saturated heterocycles. The van der Waals surface area contributed by atoms with Crippen molar-refractivity contribution in [2.75, 3.05) is 26.0 Å². The van der Waals surface area contributed by atoms with Crippen molar-refractivity contribution in [3.63, 3.8) is 0 Å². The number of hydroxylamine groups is 1. The third-order valence-electron chi connectivity index (χ3n) is 1.74. The molecule has 13 heavy (non-hydrogen) atoms. The molecule has 0 unspecified atom stereocenters. The summed E-state index contributed by atoms with van der Waals surface area (Å²) in [5, 5.41) is 10.7. The molecular weight excluding hydrogens is 164 g/mol. The van der Waals surface area contributed by atoms with Gasteiger partial charge in [-0.25, -0.2) is 4.74 Å². The van der Waals surface area contributed by atoms with E-state index in [2.05, 4.69) is 0 Å². The van der Waals surface area contributed by atoms with Gasteiger partial charge < -0.3 is 10.1 Å². The van der Waals surface area contributed by atoms with E-state index in [9.17, 15) is 5.21 Å². The molecule has 1 aromatic rings. The Labute approximate surface area is 78.5 Å². The van der Waals surface area contributed by atoms with Crippen molar-refractivity contribution >= 4 is 11.9 Å². The molecule has 0 fully saturated rings. The normalized spacial score (nSPS) is 11.5. The van der Waals surface area contributed by atoms with Gasteiger partial charge >= 0.3 is 0 Å². The van der Waals surface area contributed by atoms with Crippen LogP contribution in [0, 0.1) is 5.21 Å². The number of anilines is 1. The van der Waals surface area contributed by atoms with Crippen LogP contribution in [0.5, 0.6) is 0 Å². The van der Waals surface area contributed by atoms with E-state index in [0.717, 1.165) is 16.0 Å². The lowest BCUT2D eigenvalue weighted by Gasteiger charge is -2.11. The van der Waals surface area contributed by atoms with E-state index in [1.807, 2.05) is 43.3 Å². The Morgan fingerprint density at radius 1 is 1.23 bits per heavy atom. The molecule has 3 heteroatoms. The third-order valence-corrected chi connectivity index (χ3v) is 1.74. The van der Waals surface area contributed by atoms with Gasteiger partial charge in [-0.2, -0.15) is 0 Å². The van der Waals surface area contributed by atoms with Crippen molar-refractivity contribution in [1.29, 1.82) is 0 Å². The average molecular weight is 178 g/mol. The van der Waals surface area contributed by atoms with Gasteiger partial charge in [0.2, 0.25) is 0 Å². The molecule has 0 N–H and O–H groups in total. The minimum absolute atomic E-state index is 0.796. The van der Waals surface area contributed by atoms with Gasteiger partial charge in [-0.1, -0.05) is 0 Å². The summed E-state index contributed by atoms with van der Waals surface area (Å²) in [5.74, 6) is 0. The van der Waals surface area contributed by atoms with E-state index in [-0.39, 0.29) is 0 Å². The number of nitrogens with zero attached hydrogens (tertiary/aromatic N) is 2. The highest BCUT2D eigenvalue weighted by Crippen LogP contribution is 2.10. The van der Waals surface area contributed by atoms with Gasteiger partial charge in [0.15, 0.2) is 6.21 Å². The van der Waals surface area contributed by atoms with Gasteiger partial charge in [-0.15, -0.1) is 0 Å². The lowest BCUT2D eigenvalue weighted by Crippen LogP contribution is -2.08. The van der Waals surface area contributed by atoms with Crippen molar-refractivity contribution in [3.05, 3.63) is 35.0 Å². The smallest absolute Gasteiger partial charge is 0.181 e. The van der Waals surface area contributed by atoms with Gasteiger partial charge in [0.25, 0.3) is 0 Å². The lowest BCUT2D eigenvalue weighted by molar-refractivity contribution is -0.416. The first-order valence-electron chi connectivity index (χ1n) is 4.12. The Balaban J connectivity index is 2.88. The Hall–Kier alpha value is -1.51. The zero-order valence-electron chi connectivity index (χ0n) is 8.19. The summed E-state index contributed by atoms with van der Waals surface area (Å²) in [4.78, 5) is 2.02. The molecule has 0 amide bonds. The first-order chi connectivity index (χ1) is 6.09. The predicted molar refractivity (Wildman–Crippen MR) is 55.5 cm³/mol. The molecule has 0 radical (unpaired) electrons. The van der Waals surface area contributed by atoms with E-state index in [1.165, 1.54) is 7.05 Å². The molecule has 0 aliphatic heterocycles. The molecule has 70 valence electrons. The van der Waals surface area contributed by atoms with Crippen molar-refractivity contribution in [3.8, 4) is 0 Å². The second-order valence-corrected chi connectivity index (χ2v) is 3.16. The number of benzene rings is 1. The van der Waals surface area contributed by atoms with Crippen molar-refractivity contribution in [2.45, 2.75) is 0 Å². The van der Waals surface area contributed by atoms with Crippen LogP contribution < -0.4 is 4.90 Å². The topological polar surface area (TPSA) is 29.3 Å². The van der Waals surface area contributed by atoms with Crippen LogP contribution in [-0.4, -0.2) is 32.1 Å². The van der Waals surface area contributed by atoms with Crippen LogP contribution in [-0.2, 0) is 0 Å². The van der Waals surface area contributed by atoms with Gasteiger partial charge in [0.05, 0.1) is 0 Å². The minimum Gasteiger partial charge on any atom is -0.624 e. The molecule has 1 rings (SSSR count). The summed E-state index contributed by atoms with van der Waals surface area (Å²) in [6.07, 6.45) is 1.54. The molecular formula is C10H14N2O. The molecule has 0 aliphatic carbocycles. The second-order valence-electron chi connectivity index (χ2n) is 3.16. The van der Waals surface area contributed by atoms with Crippen molar-refractivity contribution in [2.24, 2.45) is 0 Å². The summed E-state index contributed by atoms with van der Waals surface area (Å²) in [5.41, 5.74) is 2.05. The first kappa shape index (κ1) is 9.58. The summed E-state index contributed by atoms with van der Waals surface area (Å²) in [6.45, 7) is 0. The van der Waals surface area contributed by atoms with Crippen LogP contribution in [0.25, 0.3) is 0 Å². The van der Waals surface area contributed by atoms with E-state index in [0.29, 0.717) is 0 Å². The molecule has 0 atom stereocenters.